The Hall–Kier alpha value is -0.870. The van der Waals surface area contributed by atoms with Crippen LogP contribution in [-0.2, 0) is 18.3 Å². The monoisotopic (exact) mass is 249 g/mol. The third-order valence-corrected chi connectivity index (χ3v) is 4.04. The summed E-state index contributed by atoms with van der Waals surface area (Å²) in [4.78, 5) is 7.12. The van der Waals surface area contributed by atoms with Crippen molar-refractivity contribution in [2.24, 2.45) is 13.0 Å². The van der Waals surface area contributed by atoms with Crippen molar-refractivity contribution in [1.82, 2.24) is 14.5 Å². The SMILES string of the molecule is CCOC[C@@H]1CN(CC2CC2)Cc2ncn(C)c21. The molecular weight excluding hydrogens is 226 g/mol. The highest BCUT2D eigenvalue weighted by molar-refractivity contribution is 5.22. The standard InChI is InChI=1S/C14H23N3O/c1-3-18-9-12-7-17(6-11-4-5-11)8-13-14(12)16(2)10-15-13/h10-12H,3-9H2,1-2H3/t12-/m0/s1. The molecule has 3 rings (SSSR count). The molecular formula is C14H23N3O. The lowest BCUT2D eigenvalue weighted by atomic mass is 9.98. The van der Waals surface area contributed by atoms with Gasteiger partial charge in [-0.25, -0.2) is 4.98 Å². The predicted molar refractivity (Wildman–Crippen MR) is 70.4 cm³/mol. The Kier molecular flexibility index (Phi) is 3.39. The van der Waals surface area contributed by atoms with Gasteiger partial charge in [-0.05, 0) is 25.7 Å². The van der Waals surface area contributed by atoms with Gasteiger partial charge in [-0.2, -0.15) is 0 Å². The van der Waals surface area contributed by atoms with Gasteiger partial charge in [-0.15, -0.1) is 0 Å². The molecule has 0 N–H and O–H groups in total. The number of hydrogen-bond donors (Lipinski definition) is 0. The number of fused-ring (bicyclic) bond motifs is 1. The summed E-state index contributed by atoms with van der Waals surface area (Å²) in [6.07, 6.45) is 4.79. The van der Waals surface area contributed by atoms with Crippen LogP contribution in [0.2, 0.25) is 0 Å². The zero-order valence-corrected chi connectivity index (χ0v) is 11.4. The molecule has 100 valence electrons. The second-order valence-corrected chi connectivity index (χ2v) is 5.68. The number of aromatic nitrogens is 2. The Morgan fingerprint density at radius 3 is 3.00 bits per heavy atom. The molecule has 0 spiro atoms. The van der Waals surface area contributed by atoms with E-state index in [0.717, 1.165) is 32.2 Å². The van der Waals surface area contributed by atoms with E-state index in [1.807, 2.05) is 6.33 Å². The smallest absolute Gasteiger partial charge is 0.0949 e. The number of ether oxygens (including phenoxy) is 1. The summed E-state index contributed by atoms with van der Waals surface area (Å²) >= 11 is 0. The van der Waals surface area contributed by atoms with Crippen LogP contribution in [0.3, 0.4) is 0 Å². The van der Waals surface area contributed by atoms with E-state index in [1.165, 1.54) is 30.8 Å². The summed E-state index contributed by atoms with van der Waals surface area (Å²) in [5, 5.41) is 0. The lowest BCUT2D eigenvalue weighted by Gasteiger charge is -2.32. The van der Waals surface area contributed by atoms with Gasteiger partial charge in [0, 0.05) is 44.9 Å². The van der Waals surface area contributed by atoms with E-state index < -0.39 is 0 Å². The third kappa shape index (κ3) is 2.45. The van der Waals surface area contributed by atoms with Crippen molar-refractivity contribution in [2.75, 3.05) is 26.3 Å². The lowest BCUT2D eigenvalue weighted by molar-refractivity contribution is 0.103. The van der Waals surface area contributed by atoms with Crippen LogP contribution in [0.4, 0.5) is 0 Å². The van der Waals surface area contributed by atoms with Gasteiger partial charge in [0.05, 0.1) is 18.6 Å². The van der Waals surface area contributed by atoms with Crippen molar-refractivity contribution in [3.05, 3.63) is 17.7 Å². The molecule has 1 atom stereocenters. The fourth-order valence-electron chi connectivity index (χ4n) is 3.00. The van der Waals surface area contributed by atoms with Gasteiger partial charge < -0.3 is 9.30 Å². The van der Waals surface area contributed by atoms with E-state index in [-0.39, 0.29) is 0 Å². The molecule has 1 fully saturated rings. The van der Waals surface area contributed by atoms with Crippen LogP contribution in [-0.4, -0.2) is 40.8 Å². The molecule has 4 heteroatoms. The first kappa shape index (κ1) is 12.2. The summed E-state index contributed by atoms with van der Waals surface area (Å²) in [5.41, 5.74) is 2.64. The normalized spacial score (nSPS) is 24.2. The lowest BCUT2D eigenvalue weighted by Crippen LogP contribution is -2.37. The highest BCUT2D eigenvalue weighted by atomic mass is 16.5. The Morgan fingerprint density at radius 2 is 2.28 bits per heavy atom. The Balaban J connectivity index is 1.75. The van der Waals surface area contributed by atoms with E-state index in [9.17, 15) is 0 Å². The second-order valence-electron chi connectivity index (χ2n) is 5.68. The quantitative estimate of drug-likeness (QED) is 0.796. The molecule has 1 aromatic heterocycles. The average molecular weight is 249 g/mol. The largest absolute Gasteiger partial charge is 0.381 e. The van der Waals surface area contributed by atoms with Gasteiger partial charge in [0.2, 0.25) is 0 Å². The molecule has 1 saturated carbocycles. The Bertz CT molecular complexity index is 411. The summed E-state index contributed by atoms with van der Waals surface area (Å²) in [6.45, 7) is 7.09. The molecule has 0 saturated heterocycles. The maximum Gasteiger partial charge on any atom is 0.0949 e. The van der Waals surface area contributed by atoms with E-state index in [1.54, 1.807) is 0 Å². The van der Waals surface area contributed by atoms with Gasteiger partial charge in [-0.3, -0.25) is 4.90 Å². The first-order valence-electron chi connectivity index (χ1n) is 7.08. The fraction of sp³-hybridized carbons (Fsp3) is 0.786. The zero-order chi connectivity index (χ0) is 12.5. The Morgan fingerprint density at radius 1 is 1.44 bits per heavy atom. The van der Waals surface area contributed by atoms with Crippen molar-refractivity contribution in [1.29, 1.82) is 0 Å². The minimum absolute atomic E-state index is 0.486. The molecule has 0 bridgehead atoms. The van der Waals surface area contributed by atoms with Gasteiger partial charge in [0.15, 0.2) is 0 Å². The first-order chi connectivity index (χ1) is 8.78. The highest BCUT2D eigenvalue weighted by Gasteiger charge is 2.32. The Labute approximate surface area is 109 Å². The van der Waals surface area contributed by atoms with Crippen LogP contribution in [0.5, 0.6) is 0 Å². The third-order valence-electron chi connectivity index (χ3n) is 4.04. The van der Waals surface area contributed by atoms with Crippen molar-refractivity contribution in [2.45, 2.75) is 32.2 Å². The fourth-order valence-corrected chi connectivity index (χ4v) is 3.00. The van der Waals surface area contributed by atoms with E-state index in [4.69, 9.17) is 4.74 Å². The van der Waals surface area contributed by atoms with Crippen molar-refractivity contribution in [3.63, 3.8) is 0 Å². The molecule has 0 amide bonds. The highest BCUT2D eigenvalue weighted by Crippen LogP contribution is 2.33. The minimum atomic E-state index is 0.486. The van der Waals surface area contributed by atoms with Gasteiger partial charge in [0.1, 0.15) is 0 Å². The number of imidazole rings is 1. The molecule has 1 aromatic rings. The van der Waals surface area contributed by atoms with Crippen LogP contribution in [0.1, 0.15) is 37.1 Å². The zero-order valence-electron chi connectivity index (χ0n) is 11.4. The molecule has 4 nitrogen and oxygen atoms in total. The van der Waals surface area contributed by atoms with E-state index in [0.29, 0.717) is 5.92 Å². The topological polar surface area (TPSA) is 30.3 Å². The maximum absolute atomic E-state index is 5.66. The van der Waals surface area contributed by atoms with Gasteiger partial charge >= 0.3 is 0 Å². The van der Waals surface area contributed by atoms with Crippen LogP contribution in [0.25, 0.3) is 0 Å². The molecule has 0 radical (unpaired) electrons. The second kappa shape index (κ2) is 5.02. The minimum Gasteiger partial charge on any atom is -0.381 e. The molecule has 2 aliphatic rings. The van der Waals surface area contributed by atoms with Crippen LogP contribution in [0, 0.1) is 5.92 Å². The molecule has 2 heterocycles. The number of aryl methyl sites for hydroxylation is 1. The van der Waals surface area contributed by atoms with Crippen molar-refractivity contribution >= 4 is 0 Å². The van der Waals surface area contributed by atoms with Crippen LogP contribution in [0.15, 0.2) is 6.33 Å². The predicted octanol–water partition coefficient (Wildman–Crippen LogP) is 1.77. The summed E-state index contributed by atoms with van der Waals surface area (Å²) in [5.74, 6) is 1.43. The summed E-state index contributed by atoms with van der Waals surface area (Å²) < 4.78 is 7.83. The first-order valence-corrected chi connectivity index (χ1v) is 7.08. The summed E-state index contributed by atoms with van der Waals surface area (Å²) in [6, 6.07) is 0. The van der Waals surface area contributed by atoms with E-state index >= 15 is 0 Å². The van der Waals surface area contributed by atoms with Crippen LogP contribution >= 0.6 is 0 Å². The van der Waals surface area contributed by atoms with Gasteiger partial charge in [-0.1, -0.05) is 0 Å². The molecule has 1 aliphatic heterocycles. The number of nitrogens with zero attached hydrogens (tertiary/aromatic N) is 3. The average Bonchev–Trinajstić information content (AvgIpc) is 3.09. The molecule has 0 unspecified atom stereocenters. The van der Waals surface area contributed by atoms with Gasteiger partial charge in [0.25, 0.3) is 0 Å². The van der Waals surface area contributed by atoms with Crippen molar-refractivity contribution in [3.8, 4) is 0 Å². The van der Waals surface area contributed by atoms with Crippen LogP contribution < -0.4 is 0 Å². The number of rotatable bonds is 5. The van der Waals surface area contributed by atoms with E-state index in [2.05, 4.69) is 28.4 Å². The molecule has 1 aliphatic carbocycles. The maximum atomic E-state index is 5.66. The summed E-state index contributed by atoms with van der Waals surface area (Å²) in [7, 11) is 2.10. The van der Waals surface area contributed by atoms with Crippen molar-refractivity contribution < 1.29 is 4.74 Å². The number of hydrogen-bond acceptors (Lipinski definition) is 3. The molecule has 0 aromatic carbocycles. The molecule has 18 heavy (non-hydrogen) atoms.